The first kappa shape index (κ1) is 14.0. The summed E-state index contributed by atoms with van der Waals surface area (Å²) in [5.41, 5.74) is 3.44. The molecule has 3 heteroatoms. The number of aryl methyl sites for hydroxylation is 1. The van der Waals surface area contributed by atoms with Crippen LogP contribution in [0.25, 0.3) is 0 Å². The topological polar surface area (TPSA) is 35.5 Å². The Balaban J connectivity index is 3.12. The van der Waals surface area contributed by atoms with Crippen LogP contribution in [0.4, 0.5) is 5.69 Å². The van der Waals surface area contributed by atoms with Crippen molar-refractivity contribution in [1.82, 2.24) is 5.32 Å². The van der Waals surface area contributed by atoms with E-state index in [0.717, 1.165) is 6.54 Å². The van der Waals surface area contributed by atoms with E-state index in [1.54, 1.807) is 0 Å². The molecule has 17 heavy (non-hydrogen) atoms. The fraction of sp³-hybridized carbons (Fsp3) is 0.571. The van der Waals surface area contributed by atoms with Crippen molar-refractivity contribution in [1.29, 1.82) is 0 Å². The lowest BCUT2D eigenvalue weighted by atomic mass is 10.0. The SMILES string of the molecule is CNCc1cc(C)ccc1N(C)C(C)(C)CO. The minimum Gasteiger partial charge on any atom is -0.394 e. The number of nitrogens with zero attached hydrogens (tertiary/aromatic N) is 1. The summed E-state index contributed by atoms with van der Waals surface area (Å²) in [5, 5.41) is 12.6. The van der Waals surface area contributed by atoms with Crippen molar-refractivity contribution in [3.63, 3.8) is 0 Å². The summed E-state index contributed by atoms with van der Waals surface area (Å²) < 4.78 is 0. The molecule has 0 aliphatic heterocycles. The van der Waals surface area contributed by atoms with Gasteiger partial charge in [0.25, 0.3) is 0 Å². The smallest absolute Gasteiger partial charge is 0.0658 e. The van der Waals surface area contributed by atoms with Gasteiger partial charge >= 0.3 is 0 Å². The van der Waals surface area contributed by atoms with Crippen molar-refractivity contribution in [3.05, 3.63) is 29.3 Å². The molecular formula is C14H24N2O. The van der Waals surface area contributed by atoms with Crippen LogP contribution in [0.15, 0.2) is 18.2 Å². The molecule has 1 rings (SSSR count). The van der Waals surface area contributed by atoms with Crippen molar-refractivity contribution < 1.29 is 5.11 Å². The first-order chi connectivity index (χ1) is 7.92. The monoisotopic (exact) mass is 236 g/mol. The predicted octanol–water partition coefficient (Wildman–Crippen LogP) is 1.92. The molecule has 0 saturated heterocycles. The summed E-state index contributed by atoms with van der Waals surface area (Å²) in [6, 6.07) is 6.42. The Morgan fingerprint density at radius 2 is 2.00 bits per heavy atom. The number of anilines is 1. The van der Waals surface area contributed by atoms with E-state index in [-0.39, 0.29) is 12.1 Å². The van der Waals surface area contributed by atoms with Crippen LogP contribution in [0.5, 0.6) is 0 Å². The molecule has 0 fully saturated rings. The molecule has 0 spiro atoms. The van der Waals surface area contributed by atoms with E-state index in [0.29, 0.717) is 0 Å². The number of hydrogen-bond acceptors (Lipinski definition) is 3. The highest BCUT2D eigenvalue weighted by Gasteiger charge is 2.24. The summed E-state index contributed by atoms with van der Waals surface area (Å²) in [4.78, 5) is 2.14. The van der Waals surface area contributed by atoms with Gasteiger partial charge in [0.2, 0.25) is 0 Å². The van der Waals surface area contributed by atoms with Gasteiger partial charge in [-0.1, -0.05) is 17.7 Å². The highest BCUT2D eigenvalue weighted by molar-refractivity contribution is 5.56. The van der Waals surface area contributed by atoms with Crippen LogP contribution in [0.1, 0.15) is 25.0 Å². The second kappa shape index (κ2) is 5.52. The van der Waals surface area contributed by atoms with Crippen molar-refractivity contribution in [2.75, 3.05) is 25.6 Å². The normalized spacial score (nSPS) is 11.6. The van der Waals surface area contributed by atoms with Crippen LogP contribution < -0.4 is 10.2 Å². The van der Waals surface area contributed by atoms with Gasteiger partial charge in [-0.25, -0.2) is 0 Å². The highest BCUT2D eigenvalue weighted by Crippen LogP contribution is 2.26. The highest BCUT2D eigenvalue weighted by atomic mass is 16.3. The van der Waals surface area contributed by atoms with Crippen LogP contribution >= 0.6 is 0 Å². The number of aliphatic hydroxyl groups is 1. The Morgan fingerprint density at radius 1 is 1.35 bits per heavy atom. The van der Waals surface area contributed by atoms with Gasteiger partial charge in [-0.05, 0) is 39.4 Å². The molecule has 0 amide bonds. The zero-order valence-corrected chi connectivity index (χ0v) is 11.5. The van der Waals surface area contributed by atoms with E-state index in [2.05, 4.69) is 35.3 Å². The molecule has 0 saturated carbocycles. The number of nitrogens with one attached hydrogen (secondary N) is 1. The molecule has 0 heterocycles. The quantitative estimate of drug-likeness (QED) is 0.820. The summed E-state index contributed by atoms with van der Waals surface area (Å²) >= 11 is 0. The maximum atomic E-state index is 9.44. The van der Waals surface area contributed by atoms with E-state index >= 15 is 0 Å². The average Bonchev–Trinajstić information content (AvgIpc) is 2.29. The molecule has 2 N–H and O–H groups in total. The fourth-order valence-electron chi connectivity index (χ4n) is 1.81. The molecule has 1 aromatic rings. The van der Waals surface area contributed by atoms with Gasteiger partial charge in [0.1, 0.15) is 0 Å². The van der Waals surface area contributed by atoms with Gasteiger partial charge < -0.3 is 15.3 Å². The number of rotatable bonds is 5. The summed E-state index contributed by atoms with van der Waals surface area (Å²) in [6.45, 7) is 7.14. The van der Waals surface area contributed by atoms with Gasteiger partial charge in [0.15, 0.2) is 0 Å². The van der Waals surface area contributed by atoms with Crippen LogP contribution in [-0.4, -0.2) is 31.3 Å². The Hall–Kier alpha value is -1.06. The first-order valence-electron chi connectivity index (χ1n) is 6.01. The molecule has 3 nitrogen and oxygen atoms in total. The third kappa shape index (κ3) is 3.20. The van der Waals surface area contributed by atoms with Crippen LogP contribution in [-0.2, 0) is 6.54 Å². The second-order valence-corrected chi connectivity index (χ2v) is 5.19. The second-order valence-electron chi connectivity index (χ2n) is 5.19. The van der Waals surface area contributed by atoms with Gasteiger partial charge in [-0.15, -0.1) is 0 Å². The van der Waals surface area contributed by atoms with Crippen LogP contribution in [0.2, 0.25) is 0 Å². The third-order valence-electron chi connectivity index (χ3n) is 3.26. The molecule has 0 radical (unpaired) electrons. The van der Waals surface area contributed by atoms with Crippen molar-refractivity contribution in [2.45, 2.75) is 32.9 Å². The van der Waals surface area contributed by atoms with Crippen LogP contribution in [0.3, 0.4) is 0 Å². The van der Waals surface area contributed by atoms with Crippen molar-refractivity contribution >= 4 is 5.69 Å². The van der Waals surface area contributed by atoms with Gasteiger partial charge in [-0.2, -0.15) is 0 Å². The average molecular weight is 236 g/mol. The van der Waals surface area contributed by atoms with Crippen molar-refractivity contribution in [2.24, 2.45) is 0 Å². The Bertz CT molecular complexity index is 374. The predicted molar refractivity (Wildman–Crippen MR) is 73.5 cm³/mol. The minimum atomic E-state index is -0.252. The van der Waals surface area contributed by atoms with E-state index in [4.69, 9.17) is 0 Å². The molecule has 0 aliphatic carbocycles. The Kier molecular flexibility index (Phi) is 4.54. The zero-order valence-electron chi connectivity index (χ0n) is 11.5. The largest absolute Gasteiger partial charge is 0.394 e. The van der Waals surface area contributed by atoms with Gasteiger partial charge in [0.05, 0.1) is 12.1 Å². The van der Waals surface area contributed by atoms with Crippen LogP contribution in [0, 0.1) is 6.92 Å². The molecule has 0 unspecified atom stereocenters. The number of likely N-dealkylation sites (N-methyl/N-ethyl adjacent to an activating group) is 1. The zero-order chi connectivity index (χ0) is 13.1. The van der Waals surface area contributed by atoms with E-state index < -0.39 is 0 Å². The molecule has 0 atom stereocenters. The van der Waals surface area contributed by atoms with Crippen molar-refractivity contribution in [3.8, 4) is 0 Å². The lowest BCUT2D eigenvalue weighted by Crippen LogP contribution is -2.45. The number of benzene rings is 1. The standard InChI is InChI=1S/C14H24N2O/c1-11-6-7-13(12(8-11)9-15-4)16(5)14(2,3)10-17/h6-8,15,17H,9-10H2,1-5H3. The summed E-state index contributed by atoms with van der Waals surface area (Å²) in [5.74, 6) is 0. The fourth-order valence-corrected chi connectivity index (χ4v) is 1.81. The maximum absolute atomic E-state index is 9.44. The third-order valence-corrected chi connectivity index (χ3v) is 3.26. The lowest BCUT2D eigenvalue weighted by molar-refractivity contribution is 0.216. The molecule has 0 aliphatic rings. The Morgan fingerprint density at radius 3 is 2.53 bits per heavy atom. The lowest BCUT2D eigenvalue weighted by Gasteiger charge is -2.37. The van der Waals surface area contributed by atoms with E-state index in [1.807, 2.05) is 27.9 Å². The van der Waals surface area contributed by atoms with E-state index in [9.17, 15) is 5.11 Å². The maximum Gasteiger partial charge on any atom is 0.0658 e. The summed E-state index contributed by atoms with van der Waals surface area (Å²) in [6.07, 6.45) is 0. The Labute approximate surface area is 104 Å². The van der Waals surface area contributed by atoms with Gasteiger partial charge in [0, 0.05) is 19.3 Å². The molecule has 1 aromatic carbocycles. The van der Waals surface area contributed by atoms with E-state index in [1.165, 1.54) is 16.8 Å². The first-order valence-corrected chi connectivity index (χ1v) is 6.01. The number of aliphatic hydroxyl groups excluding tert-OH is 1. The molecule has 0 aromatic heterocycles. The van der Waals surface area contributed by atoms with Gasteiger partial charge in [-0.3, -0.25) is 0 Å². The summed E-state index contributed by atoms with van der Waals surface area (Å²) in [7, 11) is 3.98. The number of hydrogen-bond donors (Lipinski definition) is 2. The minimum absolute atomic E-state index is 0.135. The molecule has 0 bridgehead atoms. The molecular weight excluding hydrogens is 212 g/mol. The molecule has 96 valence electrons.